The van der Waals surface area contributed by atoms with Crippen LogP contribution in [0.1, 0.15) is 11.1 Å². The molecule has 2 aromatic rings. The van der Waals surface area contributed by atoms with Crippen LogP contribution in [0.2, 0.25) is 10.0 Å². The highest BCUT2D eigenvalue weighted by Crippen LogP contribution is 2.24. The smallest absolute Gasteiger partial charge is 0.409 e. The third-order valence-corrected chi connectivity index (χ3v) is 3.81. The molecular formula is C17H15Cl2N3O3. The Morgan fingerprint density at radius 1 is 1.12 bits per heavy atom. The topological polar surface area (TPSA) is 93.8 Å². The average molecular weight is 380 g/mol. The Kier molecular flexibility index (Phi) is 6.38. The van der Waals surface area contributed by atoms with Crippen LogP contribution < -0.4 is 15.8 Å². The van der Waals surface area contributed by atoms with Gasteiger partial charge in [0.2, 0.25) is 11.9 Å². The summed E-state index contributed by atoms with van der Waals surface area (Å²) in [5.41, 5.74) is 7.01. The van der Waals surface area contributed by atoms with Gasteiger partial charge in [0.05, 0.1) is 6.42 Å². The first-order valence-corrected chi connectivity index (χ1v) is 7.96. The van der Waals surface area contributed by atoms with Crippen LogP contribution in [0.4, 0.5) is 4.79 Å². The number of benzene rings is 2. The molecule has 0 radical (unpaired) electrons. The van der Waals surface area contributed by atoms with E-state index >= 15 is 0 Å². The molecule has 0 fully saturated rings. The van der Waals surface area contributed by atoms with E-state index in [4.69, 9.17) is 33.7 Å². The molecule has 25 heavy (non-hydrogen) atoms. The van der Waals surface area contributed by atoms with E-state index in [9.17, 15) is 9.59 Å². The fraction of sp³-hybridized carbons (Fsp3) is 0.118. The van der Waals surface area contributed by atoms with Gasteiger partial charge in [0.25, 0.3) is 0 Å². The maximum atomic E-state index is 12.0. The number of nitrogens with two attached hydrogens (primary N) is 1. The van der Waals surface area contributed by atoms with Gasteiger partial charge >= 0.3 is 6.09 Å². The van der Waals surface area contributed by atoms with E-state index in [0.29, 0.717) is 21.4 Å². The van der Waals surface area contributed by atoms with Crippen molar-refractivity contribution in [3.05, 3.63) is 63.6 Å². The number of aryl methyl sites for hydroxylation is 1. The molecule has 0 aliphatic rings. The van der Waals surface area contributed by atoms with Gasteiger partial charge in [-0.05, 0) is 36.8 Å². The van der Waals surface area contributed by atoms with Crippen molar-refractivity contribution in [2.24, 2.45) is 10.7 Å². The zero-order valence-electron chi connectivity index (χ0n) is 13.3. The summed E-state index contributed by atoms with van der Waals surface area (Å²) >= 11 is 12.0. The second-order valence-corrected chi connectivity index (χ2v) is 5.92. The highest BCUT2D eigenvalue weighted by molar-refractivity contribution is 6.36. The Morgan fingerprint density at radius 2 is 1.72 bits per heavy atom. The number of nitrogens with zero attached hydrogens (tertiary/aromatic N) is 1. The lowest BCUT2D eigenvalue weighted by Crippen LogP contribution is -2.38. The van der Waals surface area contributed by atoms with E-state index in [1.165, 1.54) is 0 Å². The zero-order chi connectivity index (χ0) is 18.4. The maximum absolute atomic E-state index is 12.0. The van der Waals surface area contributed by atoms with Gasteiger partial charge < -0.3 is 10.5 Å². The standard InChI is InChI=1S/C17H15Cl2N3O3/c1-10-5-7-11(8-6-10)25-17(24)22-16(20)21-15(23)9-12-13(18)3-2-4-14(12)19/h2-8H,9H2,1H3,(H3,20,21,22,23,24). The normalized spacial score (nSPS) is 11.1. The van der Waals surface area contributed by atoms with Crippen LogP contribution in [0.3, 0.4) is 0 Å². The van der Waals surface area contributed by atoms with E-state index < -0.39 is 12.0 Å². The summed E-state index contributed by atoms with van der Waals surface area (Å²) in [6.45, 7) is 1.91. The Labute approximate surface area is 154 Å². The summed E-state index contributed by atoms with van der Waals surface area (Å²) < 4.78 is 4.98. The van der Waals surface area contributed by atoms with Crippen LogP contribution in [0, 0.1) is 6.92 Å². The molecule has 2 aromatic carbocycles. The fourth-order valence-electron chi connectivity index (χ4n) is 1.91. The molecule has 0 aliphatic heterocycles. The Morgan fingerprint density at radius 3 is 2.32 bits per heavy atom. The average Bonchev–Trinajstić information content (AvgIpc) is 2.53. The monoisotopic (exact) mass is 379 g/mol. The molecule has 0 saturated heterocycles. The predicted octanol–water partition coefficient (Wildman–Crippen LogP) is 3.47. The third kappa shape index (κ3) is 5.77. The van der Waals surface area contributed by atoms with Crippen LogP contribution in [0.5, 0.6) is 5.75 Å². The predicted molar refractivity (Wildman–Crippen MR) is 97.1 cm³/mol. The van der Waals surface area contributed by atoms with E-state index in [0.717, 1.165) is 5.56 Å². The van der Waals surface area contributed by atoms with E-state index in [1.807, 2.05) is 6.92 Å². The number of halogens is 2. The minimum absolute atomic E-state index is 0.109. The van der Waals surface area contributed by atoms with Crippen LogP contribution in [0.25, 0.3) is 0 Å². The molecule has 0 heterocycles. The quantitative estimate of drug-likeness (QED) is 0.630. The molecule has 0 unspecified atom stereocenters. The van der Waals surface area contributed by atoms with Crippen molar-refractivity contribution < 1.29 is 14.3 Å². The van der Waals surface area contributed by atoms with Crippen molar-refractivity contribution in [3.63, 3.8) is 0 Å². The second-order valence-electron chi connectivity index (χ2n) is 5.10. The molecule has 0 saturated carbocycles. The number of ether oxygens (including phenoxy) is 1. The van der Waals surface area contributed by atoms with E-state index in [1.54, 1.807) is 42.5 Å². The molecule has 130 valence electrons. The van der Waals surface area contributed by atoms with Crippen molar-refractivity contribution >= 4 is 41.2 Å². The van der Waals surface area contributed by atoms with Gasteiger partial charge in [-0.2, -0.15) is 0 Å². The summed E-state index contributed by atoms with van der Waals surface area (Å²) in [6, 6.07) is 11.7. The van der Waals surface area contributed by atoms with Gasteiger partial charge in [-0.15, -0.1) is 4.99 Å². The van der Waals surface area contributed by atoms with Crippen LogP contribution in [0.15, 0.2) is 47.5 Å². The molecule has 0 atom stereocenters. The molecule has 6 nitrogen and oxygen atoms in total. The highest BCUT2D eigenvalue weighted by atomic mass is 35.5. The number of guanidine groups is 1. The van der Waals surface area contributed by atoms with Gasteiger partial charge in [0.15, 0.2) is 0 Å². The summed E-state index contributed by atoms with van der Waals surface area (Å²) in [5.74, 6) is -0.578. The Balaban J connectivity index is 1.94. The zero-order valence-corrected chi connectivity index (χ0v) is 14.8. The molecule has 0 aromatic heterocycles. The van der Waals surface area contributed by atoms with Crippen LogP contribution in [-0.2, 0) is 11.2 Å². The van der Waals surface area contributed by atoms with Gasteiger partial charge in [-0.3, -0.25) is 10.1 Å². The van der Waals surface area contributed by atoms with Gasteiger partial charge in [-0.1, -0.05) is 47.0 Å². The Hall–Kier alpha value is -2.57. The lowest BCUT2D eigenvalue weighted by Gasteiger charge is -2.07. The first kappa shape index (κ1) is 18.8. The minimum atomic E-state index is -0.947. The van der Waals surface area contributed by atoms with Gasteiger partial charge in [-0.25, -0.2) is 4.79 Å². The number of aliphatic imine (C=N–C) groups is 1. The molecule has 3 N–H and O–H groups in total. The molecule has 0 bridgehead atoms. The number of hydrogen-bond donors (Lipinski definition) is 2. The van der Waals surface area contributed by atoms with Gasteiger partial charge in [0.1, 0.15) is 5.75 Å². The number of hydrogen-bond acceptors (Lipinski definition) is 3. The number of amides is 2. The lowest BCUT2D eigenvalue weighted by atomic mass is 10.1. The third-order valence-electron chi connectivity index (χ3n) is 3.10. The number of nitrogens with one attached hydrogen (secondary N) is 1. The summed E-state index contributed by atoms with van der Waals surface area (Å²) in [7, 11) is 0. The SMILES string of the molecule is Cc1ccc(OC(=O)N=C(N)NC(=O)Cc2c(Cl)cccc2Cl)cc1. The fourth-order valence-corrected chi connectivity index (χ4v) is 2.44. The van der Waals surface area contributed by atoms with Crippen molar-refractivity contribution in [2.75, 3.05) is 0 Å². The highest BCUT2D eigenvalue weighted by Gasteiger charge is 2.12. The van der Waals surface area contributed by atoms with Crippen LogP contribution >= 0.6 is 23.2 Å². The maximum Gasteiger partial charge on any atom is 0.442 e. The van der Waals surface area contributed by atoms with Crippen molar-refractivity contribution in [1.82, 2.24) is 5.32 Å². The molecular weight excluding hydrogens is 365 g/mol. The molecule has 0 aliphatic carbocycles. The summed E-state index contributed by atoms with van der Waals surface area (Å²) in [6.07, 6.45) is -1.06. The minimum Gasteiger partial charge on any atom is -0.409 e. The van der Waals surface area contributed by atoms with E-state index in [2.05, 4.69) is 10.3 Å². The van der Waals surface area contributed by atoms with Gasteiger partial charge in [0, 0.05) is 10.0 Å². The Bertz CT molecular complexity index is 800. The first-order valence-electron chi connectivity index (χ1n) is 7.20. The van der Waals surface area contributed by atoms with Crippen molar-refractivity contribution in [2.45, 2.75) is 13.3 Å². The summed E-state index contributed by atoms with van der Waals surface area (Å²) in [4.78, 5) is 27.1. The number of rotatable bonds is 3. The lowest BCUT2D eigenvalue weighted by molar-refractivity contribution is -0.119. The largest absolute Gasteiger partial charge is 0.442 e. The van der Waals surface area contributed by atoms with Crippen LogP contribution in [-0.4, -0.2) is 18.0 Å². The number of carbonyl (C=O) groups excluding carboxylic acids is 2. The van der Waals surface area contributed by atoms with Crippen molar-refractivity contribution in [3.8, 4) is 5.75 Å². The van der Waals surface area contributed by atoms with E-state index in [-0.39, 0.29) is 12.4 Å². The molecule has 2 rings (SSSR count). The molecule has 2 amide bonds. The molecule has 0 spiro atoms. The summed E-state index contributed by atoms with van der Waals surface area (Å²) in [5, 5.41) is 3.00. The van der Waals surface area contributed by atoms with Crippen molar-refractivity contribution in [1.29, 1.82) is 0 Å². The first-order chi connectivity index (χ1) is 11.8. The molecule has 8 heteroatoms. The number of carbonyl (C=O) groups is 2. The second kappa shape index (κ2) is 8.50.